The second-order valence-corrected chi connectivity index (χ2v) is 5.12. The zero-order chi connectivity index (χ0) is 21.1. The van der Waals surface area contributed by atoms with E-state index in [2.05, 4.69) is 4.74 Å². The molecule has 1 amide bonds. The molecule has 0 unspecified atom stereocenters. The molecule has 0 heterocycles. The summed E-state index contributed by atoms with van der Waals surface area (Å²) < 4.78 is 84.1. The largest absolute Gasteiger partial charge is 0.573 e. The molecule has 2 N–H and O–H groups in total. The summed E-state index contributed by atoms with van der Waals surface area (Å²) >= 11 is 0. The lowest BCUT2D eigenvalue weighted by Crippen LogP contribution is -2.22. The van der Waals surface area contributed by atoms with Gasteiger partial charge in [-0.05, 0) is 36.4 Å². The Bertz CT molecular complexity index is 877. The Labute approximate surface area is 152 Å². The van der Waals surface area contributed by atoms with Crippen LogP contribution in [0.4, 0.5) is 32.0 Å². The minimum Gasteiger partial charge on any atom is -0.474 e. The lowest BCUT2D eigenvalue weighted by molar-refractivity contribution is -0.274. The smallest absolute Gasteiger partial charge is 0.474 e. The van der Waals surface area contributed by atoms with Gasteiger partial charge in [0.1, 0.15) is 17.2 Å². The van der Waals surface area contributed by atoms with Gasteiger partial charge >= 0.3 is 24.4 Å². The average molecular weight is 409 g/mol. The fourth-order valence-corrected chi connectivity index (χ4v) is 1.92. The van der Waals surface area contributed by atoms with Crippen molar-refractivity contribution in [2.75, 3.05) is 5.32 Å². The predicted molar refractivity (Wildman–Crippen MR) is 80.9 cm³/mol. The molecule has 2 aromatic carbocycles. The summed E-state index contributed by atoms with van der Waals surface area (Å²) in [6, 6.07) is 5.75. The van der Waals surface area contributed by atoms with Gasteiger partial charge in [-0.3, -0.25) is 4.79 Å². The maximum atomic E-state index is 13.0. The highest BCUT2D eigenvalue weighted by atomic mass is 19.4. The highest BCUT2D eigenvalue weighted by Gasteiger charge is 2.32. The number of hydrogen-bond donors (Lipinski definition) is 2. The van der Waals surface area contributed by atoms with Crippen molar-refractivity contribution in [3.05, 3.63) is 48.0 Å². The van der Waals surface area contributed by atoms with Crippen LogP contribution in [0.5, 0.6) is 17.2 Å². The maximum absolute atomic E-state index is 13.0. The predicted octanol–water partition coefficient (Wildman–Crippen LogP) is 4.42. The highest BCUT2D eigenvalue weighted by molar-refractivity contribution is 6.36. The third-order valence-corrected chi connectivity index (χ3v) is 2.98. The number of hydrogen-bond acceptors (Lipinski definition) is 4. The Hall–Kier alpha value is -3.44. The molecule has 6 nitrogen and oxygen atoms in total. The third kappa shape index (κ3) is 6.07. The normalized spacial score (nSPS) is 11.6. The molecule has 28 heavy (non-hydrogen) atoms. The molecule has 0 bridgehead atoms. The lowest BCUT2D eigenvalue weighted by atomic mass is 10.1. The molecule has 0 aliphatic rings. The first-order valence-corrected chi connectivity index (χ1v) is 7.14. The van der Waals surface area contributed by atoms with E-state index < -0.39 is 47.2 Å². The second kappa shape index (κ2) is 7.66. The number of anilines is 1. The van der Waals surface area contributed by atoms with Gasteiger partial charge in [0.05, 0.1) is 5.56 Å². The zero-order valence-electron chi connectivity index (χ0n) is 13.4. The standard InChI is InChI=1S/C16H9F6NO5/c17-15(18,19)8-5-9(23-13(24)14(25)26)7-12(6-8)27-10-1-3-11(4-2-10)28-16(20,21)22/h1-7H,(H,23,24)(H,25,26). The van der Waals surface area contributed by atoms with Gasteiger partial charge in [0.15, 0.2) is 0 Å². The van der Waals surface area contributed by atoms with Gasteiger partial charge < -0.3 is 19.9 Å². The van der Waals surface area contributed by atoms with Crippen molar-refractivity contribution in [2.45, 2.75) is 12.5 Å². The van der Waals surface area contributed by atoms with E-state index in [0.717, 1.165) is 30.3 Å². The van der Waals surface area contributed by atoms with Crippen LogP contribution in [0.25, 0.3) is 0 Å². The molecule has 0 saturated heterocycles. The van der Waals surface area contributed by atoms with Crippen molar-refractivity contribution in [1.82, 2.24) is 0 Å². The van der Waals surface area contributed by atoms with Crippen molar-refractivity contribution < 1.29 is 50.5 Å². The average Bonchev–Trinajstić information content (AvgIpc) is 2.54. The maximum Gasteiger partial charge on any atom is 0.573 e. The number of carboxylic acids is 1. The topological polar surface area (TPSA) is 84.9 Å². The number of alkyl halides is 6. The molecule has 0 aromatic heterocycles. The number of amides is 1. The number of rotatable bonds is 4. The van der Waals surface area contributed by atoms with E-state index in [1.165, 1.54) is 0 Å². The van der Waals surface area contributed by atoms with E-state index in [-0.39, 0.29) is 5.75 Å². The molecule has 0 aliphatic heterocycles. The number of nitrogens with one attached hydrogen (secondary N) is 1. The van der Waals surface area contributed by atoms with Gasteiger partial charge in [0.2, 0.25) is 0 Å². The first kappa shape index (κ1) is 20.9. The van der Waals surface area contributed by atoms with E-state index in [9.17, 15) is 35.9 Å². The minimum atomic E-state index is -4.92. The Balaban J connectivity index is 2.28. The molecule has 150 valence electrons. The van der Waals surface area contributed by atoms with Gasteiger partial charge in [-0.25, -0.2) is 4.79 Å². The summed E-state index contributed by atoms with van der Waals surface area (Å²) in [5.41, 5.74) is -1.75. The van der Waals surface area contributed by atoms with Crippen LogP contribution >= 0.6 is 0 Å². The number of halogens is 6. The van der Waals surface area contributed by atoms with E-state index in [1.54, 1.807) is 5.32 Å². The summed E-state index contributed by atoms with van der Waals surface area (Å²) in [7, 11) is 0. The van der Waals surface area contributed by atoms with Crippen LogP contribution in [0.1, 0.15) is 5.56 Å². The van der Waals surface area contributed by atoms with Crippen molar-refractivity contribution in [3.63, 3.8) is 0 Å². The van der Waals surface area contributed by atoms with Gasteiger partial charge in [-0.1, -0.05) is 0 Å². The summed E-state index contributed by atoms with van der Waals surface area (Å²) in [6.45, 7) is 0. The van der Waals surface area contributed by atoms with Crippen LogP contribution in [-0.2, 0) is 15.8 Å². The molecule has 0 aliphatic carbocycles. The molecule has 12 heteroatoms. The van der Waals surface area contributed by atoms with E-state index in [1.807, 2.05) is 0 Å². The van der Waals surface area contributed by atoms with Gasteiger partial charge in [0.25, 0.3) is 0 Å². The van der Waals surface area contributed by atoms with Crippen LogP contribution in [-0.4, -0.2) is 23.3 Å². The molecular formula is C16H9F6NO5. The lowest BCUT2D eigenvalue weighted by Gasteiger charge is -2.14. The van der Waals surface area contributed by atoms with Gasteiger partial charge in [-0.2, -0.15) is 13.2 Å². The number of carboxylic acid groups (broad SMARTS) is 1. The highest BCUT2D eigenvalue weighted by Crippen LogP contribution is 2.36. The molecule has 0 fully saturated rings. The Morgan fingerprint density at radius 1 is 0.857 bits per heavy atom. The van der Waals surface area contributed by atoms with Gasteiger partial charge in [-0.15, -0.1) is 13.2 Å². The quantitative estimate of drug-likeness (QED) is 0.577. The number of aliphatic carboxylic acids is 1. The number of ether oxygens (including phenoxy) is 2. The van der Waals surface area contributed by atoms with E-state index in [4.69, 9.17) is 9.84 Å². The zero-order valence-corrected chi connectivity index (χ0v) is 13.4. The van der Waals surface area contributed by atoms with Crippen LogP contribution in [0.3, 0.4) is 0 Å². The molecule has 0 saturated carbocycles. The van der Waals surface area contributed by atoms with E-state index >= 15 is 0 Å². The third-order valence-electron chi connectivity index (χ3n) is 2.98. The monoisotopic (exact) mass is 409 g/mol. The fraction of sp³-hybridized carbons (Fsp3) is 0.125. The minimum absolute atomic E-state index is 0.135. The number of carbonyl (C=O) groups is 2. The van der Waals surface area contributed by atoms with Crippen molar-refractivity contribution in [1.29, 1.82) is 0 Å². The van der Waals surface area contributed by atoms with Crippen LogP contribution in [0.2, 0.25) is 0 Å². The molecular weight excluding hydrogens is 400 g/mol. The van der Waals surface area contributed by atoms with Crippen LogP contribution in [0.15, 0.2) is 42.5 Å². The summed E-state index contributed by atoms with van der Waals surface area (Å²) in [5, 5.41) is 10.3. The fourth-order valence-electron chi connectivity index (χ4n) is 1.92. The van der Waals surface area contributed by atoms with Crippen molar-refractivity contribution >= 4 is 17.6 Å². The summed E-state index contributed by atoms with van der Waals surface area (Å²) in [6.07, 6.45) is -9.76. The Kier molecular flexibility index (Phi) is 5.71. The molecule has 2 aromatic rings. The second-order valence-electron chi connectivity index (χ2n) is 5.12. The van der Waals surface area contributed by atoms with Crippen molar-refractivity contribution in [3.8, 4) is 17.2 Å². The van der Waals surface area contributed by atoms with Crippen LogP contribution in [0, 0.1) is 0 Å². The molecule has 0 atom stereocenters. The SMILES string of the molecule is O=C(O)C(=O)Nc1cc(Oc2ccc(OC(F)(F)F)cc2)cc(C(F)(F)F)c1. The number of carbonyl (C=O) groups excluding carboxylic acids is 1. The summed E-state index contributed by atoms with van der Waals surface area (Å²) in [5.74, 6) is -4.64. The van der Waals surface area contributed by atoms with E-state index in [0.29, 0.717) is 12.1 Å². The molecule has 0 spiro atoms. The molecule has 2 rings (SSSR count). The van der Waals surface area contributed by atoms with Crippen molar-refractivity contribution in [2.24, 2.45) is 0 Å². The first-order chi connectivity index (χ1) is 12.8. The van der Waals surface area contributed by atoms with Crippen LogP contribution < -0.4 is 14.8 Å². The molecule has 0 radical (unpaired) electrons. The van der Waals surface area contributed by atoms with Gasteiger partial charge in [0, 0.05) is 11.8 Å². The summed E-state index contributed by atoms with van der Waals surface area (Å²) in [4.78, 5) is 21.7. The Morgan fingerprint density at radius 2 is 1.43 bits per heavy atom. The number of benzene rings is 2. The Morgan fingerprint density at radius 3 is 1.93 bits per heavy atom. The first-order valence-electron chi connectivity index (χ1n) is 7.14.